The summed E-state index contributed by atoms with van der Waals surface area (Å²) in [6.07, 6.45) is 1.46. The van der Waals surface area contributed by atoms with Crippen LogP contribution in [0.4, 0.5) is 10.1 Å². The molecule has 0 unspecified atom stereocenters. The summed E-state index contributed by atoms with van der Waals surface area (Å²) >= 11 is 5.96. The molecule has 0 aliphatic heterocycles. The van der Waals surface area contributed by atoms with Crippen molar-refractivity contribution in [1.29, 1.82) is 0 Å². The third-order valence-electron chi connectivity index (χ3n) is 3.11. The van der Waals surface area contributed by atoms with Crippen LogP contribution in [0.2, 0.25) is 5.02 Å². The van der Waals surface area contributed by atoms with E-state index < -0.39 is 30.9 Å². The summed E-state index contributed by atoms with van der Waals surface area (Å²) < 4.78 is 67.9. The van der Waals surface area contributed by atoms with E-state index in [0.29, 0.717) is 17.0 Å². The highest BCUT2D eigenvalue weighted by Crippen LogP contribution is 2.27. The molecule has 0 saturated heterocycles. The van der Waals surface area contributed by atoms with Crippen LogP contribution in [0.15, 0.2) is 41.3 Å². The number of aryl methyl sites for hydroxylation is 1. The summed E-state index contributed by atoms with van der Waals surface area (Å²) in [6.45, 7) is 1.84. The molecule has 1 N–H and O–H groups in total. The molecule has 0 saturated carbocycles. The fourth-order valence-corrected chi connectivity index (χ4v) is 3.81. The smallest absolute Gasteiger partial charge is 0.342 e. The van der Waals surface area contributed by atoms with Gasteiger partial charge in [0.25, 0.3) is 0 Å². The fraction of sp³-hybridized carbons (Fsp3) is 0.200. The first-order chi connectivity index (χ1) is 11.5. The van der Waals surface area contributed by atoms with Crippen molar-refractivity contribution in [1.82, 2.24) is 0 Å². The van der Waals surface area contributed by atoms with Gasteiger partial charge in [-0.05, 0) is 48.4 Å². The average molecular weight is 408 g/mol. The second-order valence-corrected chi connectivity index (χ2v) is 8.83. The molecule has 0 aromatic heterocycles. The molecule has 25 heavy (non-hydrogen) atoms. The number of rotatable bonds is 6. The van der Waals surface area contributed by atoms with Crippen molar-refractivity contribution >= 4 is 37.4 Å². The highest BCUT2D eigenvalue weighted by molar-refractivity contribution is 7.92. The summed E-state index contributed by atoms with van der Waals surface area (Å²) in [6, 6.07) is 7.11. The van der Waals surface area contributed by atoms with Crippen molar-refractivity contribution in [3.63, 3.8) is 0 Å². The van der Waals surface area contributed by atoms with Gasteiger partial charge in [0.1, 0.15) is 16.5 Å². The van der Waals surface area contributed by atoms with Gasteiger partial charge in [-0.2, -0.15) is 8.42 Å². The van der Waals surface area contributed by atoms with E-state index in [2.05, 4.69) is 4.72 Å². The lowest BCUT2D eigenvalue weighted by Crippen LogP contribution is -2.13. The maximum Gasteiger partial charge on any atom is 0.342 e. The molecule has 136 valence electrons. The lowest BCUT2D eigenvalue weighted by atomic mass is 10.2. The zero-order valence-corrected chi connectivity index (χ0v) is 15.7. The van der Waals surface area contributed by atoms with Crippen molar-refractivity contribution in [3.05, 3.63) is 52.8 Å². The molecule has 0 aliphatic rings. The second-order valence-electron chi connectivity index (χ2n) is 5.16. The summed E-state index contributed by atoms with van der Waals surface area (Å²) in [5.41, 5.74) is 0.584. The molecule has 10 heteroatoms. The van der Waals surface area contributed by atoms with Gasteiger partial charge in [0.15, 0.2) is 0 Å². The Morgan fingerprint density at radius 1 is 1.12 bits per heavy atom. The monoisotopic (exact) mass is 407 g/mol. The highest BCUT2D eigenvalue weighted by atomic mass is 35.5. The van der Waals surface area contributed by atoms with E-state index in [1.165, 1.54) is 18.2 Å². The van der Waals surface area contributed by atoms with E-state index in [-0.39, 0.29) is 11.4 Å². The molecule has 0 atom stereocenters. The van der Waals surface area contributed by atoms with Gasteiger partial charge in [0, 0.05) is 5.02 Å². The first-order valence-electron chi connectivity index (χ1n) is 7.02. The number of hydrogen-bond donors (Lipinski definition) is 1. The number of anilines is 1. The molecule has 2 rings (SSSR count). The van der Waals surface area contributed by atoms with E-state index in [0.717, 1.165) is 24.5 Å². The van der Waals surface area contributed by atoms with Crippen LogP contribution in [0.25, 0.3) is 0 Å². The number of benzene rings is 2. The molecule has 0 radical (unpaired) electrons. The average Bonchev–Trinajstić information content (AvgIpc) is 2.47. The number of sulfonamides is 1. The molecule has 0 spiro atoms. The Kier molecular flexibility index (Phi) is 5.60. The van der Waals surface area contributed by atoms with Crippen LogP contribution in [-0.2, 0) is 26.6 Å². The van der Waals surface area contributed by atoms with E-state index in [1.807, 2.05) is 6.92 Å². The molecule has 0 amide bonds. The van der Waals surface area contributed by atoms with Gasteiger partial charge < -0.3 is 4.18 Å². The van der Waals surface area contributed by atoms with Crippen molar-refractivity contribution in [2.75, 3.05) is 11.0 Å². The molecule has 0 bridgehead atoms. The van der Waals surface area contributed by atoms with Crippen molar-refractivity contribution in [2.24, 2.45) is 0 Å². The normalized spacial score (nSPS) is 12.0. The van der Waals surface area contributed by atoms with E-state index in [4.69, 9.17) is 15.8 Å². The van der Waals surface area contributed by atoms with Crippen LogP contribution in [-0.4, -0.2) is 23.1 Å². The maximum atomic E-state index is 14.1. The largest absolute Gasteiger partial charge is 0.379 e. The van der Waals surface area contributed by atoms with Gasteiger partial charge in [0.05, 0.1) is 11.9 Å². The minimum atomic E-state index is -4.44. The Morgan fingerprint density at radius 2 is 1.80 bits per heavy atom. The molecule has 0 fully saturated rings. The number of nitrogens with one attached hydrogen (secondary N) is 1. The standard InChI is InChI=1S/C15H15ClFNO5S2/c1-3-10-8-12(5-6-13(10)16)23-25(21,22)15-7-4-11(9-14(15)17)18-24(2,19)20/h4-9,18H,3H2,1-2H3. The highest BCUT2D eigenvalue weighted by Gasteiger charge is 2.22. The number of hydrogen-bond acceptors (Lipinski definition) is 5. The Balaban J connectivity index is 2.33. The van der Waals surface area contributed by atoms with Gasteiger partial charge in [0.2, 0.25) is 10.0 Å². The van der Waals surface area contributed by atoms with E-state index in [9.17, 15) is 21.2 Å². The predicted octanol–water partition coefficient (Wildman–Crippen LogP) is 3.18. The maximum absolute atomic E-state index is 14.1. The number of halogens is 2. The lowest BCUT2D eigenvalue weighted by Gasteiger charge is -2.11. The van der Waals surface area contributed by atoms with Crippen molar-refractivity contribution in [3.8, 4) is 5.75 Å². The quantitative estimate of drug-likeness (QED) is 0.743. The molecule has 6 nitrogen and oxygen atoms in total. The topological polar surface area (TPSA) is 89.5 Å². The Hall–Kier alpha value is -1.84. The van der Waals surface area contributed by atoms with E-state index in [1.54, 1.807) is 0 Å². The zero-order chi connectivity index (χ0) is 18.8. The van der Waals surface area contributed by atoms with Gasteiger partial charge in [-0.15, -0.1) is 0 Å². The van der Waals surface area contributed by atoms with Crippen molar-refractivity contribution in [2.45, 2.75) is 18.2 Å². The SMILES string of the molecule is CCc1cc(OS(=O)(=O)c2ccc(NS(C)(=O)=O)cc2F)ccc1Cl. The molecule has 2 aromatic carbocycles. The van der Waals surface area contributed by atoms with Crippen molar-refractivity contribution < 1.29 is 25.4 Å². The van der Waals surface area contributed by atoms with Crippen LogP contribution in [0.5, 0.6) is 5.75 Å². The molecular weight excluding hydrogens is 393 g/mol. The summed E-state index contributed by atoms with van der Waals surface area (Å²) in [5, 5.41) is 0.467. The van der Waals surface area contributed by atoms with Crippen LogP contribution >= 0.6 is 11.6 Å². The van der Waals surface area contributed by atoms with Gasteiger partial charge in [-0.3, -0.25) is 4.72 Å². The van der Waals surface area contributed by atoms with Crippen LogP contribution in [0.1, 0.15) is 12.5 Å². The molecule has 2 aromatic rings. The Bertz CT molecular complexity index is 1010. The summed E-state index contributed by atoms with van der Waals surface area (Å²) in [7, 11) is -8.05. The first-order valence-corrected chi connectivity index (χ1v) is 10.7. The van der Waals surface area contributed by atoms with Crippen LogP contribution in [0.3, 0.4) is 0 Å². The molecule has 0 aliphatic carbocycles. The first kappa shape index (κ1) is 19.5. The van der Waals surface area contributed by atoms with Crippen LogP contribution < -0.4 is 8.91 Å². The zero-order valence-electron chi connectivity index (χ0n) is 13.3. The Labute approximate surface area is 150 Å². The van der Waals surface area contributed by atoms with Gasteiger partial charge in [-0.25, -0.2) is 12.8 Å². The van der Waals surface area contributed by atoms with Gasteiger partial charge in [-0.1, -0.05) is 18.5 Å². The second kappa shape index (κ2) is 7.19. The third-order valence-corrected chi connectivity index (χ3v) is 5.37. The molecular formula is C15H15ClFNO5S2. The predicted molar refractivity (Wildman–Crippen MR) is 93.5 cm³/mol. The Morgan fingerprint density at radius 3 is 2.36 bits per heavy atom. The minimum absolute atomic E-state index is 0.000937. The van der Waals surface area contributed by atoms with E-state index >= 15 is 0 Å². The fourth-order valence-electron chi connectivity index (χ4n) is 2.03. The lowest BCUT2D eigenvalue weighted by molar-refractivity contribution is 0.476. The van der Waals surface area contributed by atoms with Crippen LogP contribution in [0, 0.1) is 5.82 Å². The summed E-state index contributed by atoms with van der Waals surface area (Å²) in [5.74, 6) is -1.14. The third kappa shape index (κ3) is 5.07. The minimum Gasteiger partial charge on any atom is -0.379 e. The summed E-state index contributed by atoms with van der Waals surface area (Å²) in [4.78, 5) is -0.709. The molecule has 0 heterocycles. The van der Waals surface area contributed by atoms with Gasteiger partial charge >= 0.3 is 10.1 Å².